The van der Waals surface area contributed by atoms with Crippen LogP contribution in [0.2, 0.25) is 5.02 Å². The normalized spacial score (nSPS) is 10.2. The predicted molar refractivity (Wildman–Crippen MR) is 66.9 cm³/mol. The van der Waals surface area contributed by atoms with E-state index < -0.39 is 11.7 Å². The first-order valence-electron chi connectivity index (χ1n) is 4.92. The fourth-order valence-corrected chi connectivity index (χ4v) is 2.16. The van der Waals surface area contributed by atoms with E-state index in [2.05, 4.69) is 5.32 Å². The summed E-state index contributed by atoms with van der Waals surface area (Å²) in [5, 5.41) is 4.90. The van der Waals surface area contributed by atoms with Gasteiger partial charge in [-0.1, -0.05) is 17.7 Å². The molecule has 5 heteroatoms. The second-order valence-corrected chi connectivity index (χ2v) is 4.85. The number of benzene rings is 1. The molecule has 17 heavy (non-hydrogen) atoms. The highest BCUT2D eigenvalue weighted by molar-refractivity contribution is 7.09. The van der Waals surface area contributed by atoms with Gasteiger partial charge in [-0.3, -0.25) is 4.79 Å². The summed E-state index contributed by atoms with van der Waals surface area (Å²) < 4.78 is 13.4. The van der Waals surface area contributed by atoms with Crippen LogP contribution in [0.5, 0.6) is 0 Å². The van der Waals surface area contributed by atoms with E-state index in [1.165, 1.54) is 29.5 Å². The molecular formula is C12H9ClFNOS. The van der Waals surface area contributed by atoms with Crippen LogP contribution < -0.4 is 5.32 Å². The Balaban J connectivity index is 2.07. The smallest absolute Gasteiger partial charge is 0.254 e. The summed E-state index contributed by atoms with van der Waals surface area (Å²) in [6.45, 7) is 0.391. The van der Waals surface area contributed by atoms with Crippen LogP contribution in [0.1, 0.15) is 15.2 Å². The van der Waals surface area contributed by atoms with Crippen molar-refractivity contribution in [3.05, 3.63) is 57.0 Å². The minimum Gasteiger partial charge on any atom is -0.347 e. The Morgan fingerprint density at radius 1 is 1.41 bits per heavy atom. The molecule has 0 saturated heterocycles. The Bertz CT molecular complexity index is 527. The summed E-state index contributed by atoms with van der Waals surface area (Å²) in [7, 11) is 0. The van der Waals surface area contributed by atoms with Crippen molar-refractivity contribution in [3.8, 4) is 0 Å². The first-order chi connectivity index (χ1) is 8.16. The van der Waals surface area contributed by atoms with Crippen molar-refractivity contribution in [3.63, 3.8) is 0 Å². The Morgan fingerprint density at radius 3 is 2.94 bits per heavy atom. The van der Waals surface area contributed by atoms with Gasteiger partial charge < -0.3 is 5.32 Å². The van der Waals surface area contributed by atoms with Gasteiger partial charge in [0.05, 0.1) is 12.1 Å². The van der Waals surface area contributed by atoms with Gasteiger partial charge in [0.1, 0.15) is 5.82 Å². The van der Waals surface area contributed by atoms with Crippen molar-refractivity contribution in [2.45, 2.75) is 6.54 Å². The molecule has 0 bridgehead atoms. The summed E-state index contributed by atoms with van der Waals surface area (Å²) in [5.74, 6) is -1.03. The molecule has 0 radical (unpaired) electrons. The van der Waals surface area contributed by atoms with Crippen molar-refractivity contribution in [1.82, 2.24) is 5.32 Å². The molecule has 0 saturated carbocycles. The van der Waals surface area contributed by atoms with Gasteiger partial charge in [-0.15, -0.1) is 11.3 Å². The van der Waals surface area contributed by atoms with Gasteiger partial charge in [-0.2, -0.15) is 0 Å². The number of rotatable bonds is 3. The molecule has 2 nitrogen and oxygen atoms in total. The highest BCUT2D eigenvalue weighted by Gasteiger charge is 2.11. The molecule has 0 aliphatic carbocycles. The van der Waals surface area contributed by atoms with Gasteiger partial charge in [-0.25, -0.2) is 4.39 Å². The van der Waals surface area contributed by atoms with E-state index in [1.54, 1.807) is 0 Å². The standard InChI is InChI=1S/C12H9ClFNOS/c13-8-3-4-11(14)10(6-8)12(16)15-7-9-2-1-5-17-9/h1-6H,7H2,(H,15,16). The third kappa shape index (κ3) is 3.05. The van der Waals surface area contributed by atoms with Gasteiger partial charge in [0.2, 0.25) is 0 Å². The van der Waals surface area contributed by atoms with Crippen LogP contribution in [0, 0.1) is 5.82 Å². The number of halogens is 2. The molecule has 2 rings (SSSR count). The molecule has 0 spiro atoms. The Kier molecular flexibility index (Phi) is 3.76. The van der Waals surface area contributed by atoms with Crippen LogP contribution in [0.15, 0.2) is 35.7 Å². The maximum absolute atomic E-state index is 13.4. The summed E-state index contributed by atoms with van der Waals surface area (Å²) >= 11 is 7.25. The summed E-state index contributed by atoms with van der Waals surface area (Å²) in [5.41, 5.74) is -0.0333. The average molecular weight is 270 g/mol. The lowest BCUT2D eigenvalue weighted by atomic mass is 10.2. The fraction of sp³-hybridized carbons (Fsp3) is 0.0833. The molecule has 1 aromatic carbocycles. The Hall–Kier alpha value is -1.39. The van der Waals surface area contributed by atoms with E-state index in [1.807, 2.05) is 17.5 Å². The third-order valence-corrected chi connectivity index (χ3v) is 3.29. The first-order valence-corrected chi connectivity index (χ1v) is 6.18. The van der Waals surface area contributed by atoms with Crippen molar-refractivity contribution in [2.75, 3.05) is 0 Å². The van der Waals surface area contributed by atoms with E-state index in [4.69, 9.17) is 11.6 Å². The van der Waals surface area contributed by atoms with Gasteiger partial charge >= 0.3 is 0 Å². The second-order valence-electron chi connectivity index (χ2n) is 3.39. The Morgan fingerprint density at radius 2 is 2.24 bits per heavy atom. The largest absolute Gasteiger partial charge is 0.347 e. The molecule has 0 unspecified atom stereocenters. The SMILES string of the molecule is O=C(NCc1cccs1)c1cc(Cl)ccc1F. The lowest BCUT2D eigenvalue weighted by Crippen LogP contribution is -2.23. The number of thiophene rings is 1. The molecule has 0 atom stereocenters. The minimum atomic E-state index is -0.571. The monoisotopic (exact) mass is 269 g/mol. The van der Waals surface area contributed by atoms with Crippen LogP contribution in [-0.2, 0) is 6.54 Å². The average Bonchev–Trinajstić information content (AvgIpc) is 2.82. The second kappa shape index (κ2) is 5.29. The van der Waals surface area contributed by atoms with Crippen LogP contribution in [0.25, 0.3) is 0 Å². The number of carbonyl (C=O) groups excluding carboxylic acids is 1. The maximum atomic E-state index is 13.4. The topological polar surface area (TPSA) is 29.1 Å². The van der Waals surface area contributed by atoms with E-state index >= 15 is 0 Å². The third-order valence-electron chi connectivity index (χ3n) is 2.18. The highest BCUT2D eigenvalue weighted by Crippen LogP contribution is 2.15. The maximum Gasteiger partial charge on any atom is 0.254 e. The summed E-state index contributed by atoms with van der Waals surface area (Å²) in [6.07, 6.45) is 0. The first kappa shape index (κ1) is 12.1. The van der Waals surface area contributed by atoms with Gasteiger partial charge in [0, 0.05) is 9.90 Å². The quantitative estimate of drug-likeness (QED) is 0.908. The fourth-order valence-electron chi connectivity index (χ4n) is 1.35. The molecule has 1 heterocycles. The van der Waals surface area contributed by atoms with Gasteiger partial charge in [-0.05, 0) is 29.6 Å². The molecular weight excluding hydrogens is 261 g/mol. The molecule has 0 fully saturated rings. The van der Waals surface area contributed by atoms with E-state index in [0.717, 1.165) is 4.88 Å². The predicted octanol–water partition coefficient (Wildman–Crippen LogP) is 3.47. The Labute approximate surface area is 107 Å². The van der Waals surface area contributed by atoms with E-state index in [9.17, 15) is 9.18 Å². The number of hydrogen-bond acceptors (Lipinski definition) is 2. The molecule has 1 N–H and O–H groups in total. The van der Waals surface area contributed by atoms with Crippen LogP contribution in [0.4, 0.5) is 4.39 Å². The van der Waals surface area contributed by atoms with Gasteiger partial charge in [0.25, 0.3) is 5.91 Å². The molecule has 1 amide bonds. The van der Waals surface area contributed by atoms with Crippen molar-refractivity contribution in [1.29, 1.82) is 0 Å². The molecule has 1 aromatic heterocycles. The van der Waals surface area contributed by atoms with Crippen LogP contribution >= 0.6 is 22.9 Å². The summed E-state index contributed by atoms with van der Waals surface area (Å²) in [4.78, 5) is 12.7. The molecule has 0 aliphatic rings. The number of hydrogen-bond donors (Lipinski definition) is 1. The van der Waals surface area contributed by atoms with E-state index in [-0.39, 0.29) is 5.56 Å². The molecule has 2 aromatic rings. The minimum absolute atomic E-state index is 0.0333. The zero-order chi connectivity index (χ0) is 12.3. The molecule has 0 aliphatic heterocycles. The van der Waals surface area contributed by atoms with Gasteiger partial charge in [0.15, 0.2) is 0 Å². The number of nitrogens with one attached hydrogen (secondary N) is 1. The van der Waals surface area contributed by atoms with Crippen molar-refractivity contribution < 1.29 is 9.18 Å². The number of amides is 1. The number of carbonyl (C=O) groups is 1. The van der Waals surface area contributed by atoms with E-state index in [0.29, 0.717) is 11.6 Å². The highest BCUT2D eigenvalue weighted by atomic mass is 35.5. The lowest BCUT2D eigenvalue weighted by molar-refractivity contribution is 0.0947. The zero-order valence-corrected chi connectivity index (χ0v) is 10.3. The molecule has 88 valence electrons. The van der Waals surface area contributed by atoms with Crippen LogP contribution in [-0.4, -0.2) is 5.91 Å². The van der Waals surface area contributed by atoms with Crippen molar-refractivity contribution in [2.24, 2.45) is 0 Å². The lowest BCUT2D eigenvalue weighted by Gasteiger charge is -2.05. The van der Waals surface area contributed by atoms with Crippen LogP contribution in [0.3, 0.4) is 0 Å². The van der Waals surface area contributed by atoms with Crippen molar-refractivity contribution >= 4 is 28.8 Å². The summed E-state index contributed by atoms with van der Waals surface area (Å²) in [6, 6.07) is 7.71. The zero-order valence-electron chi connectivity index (χ0n) is 8.74.